The maximum absolute atomic E-state index is 12.8. The van der Waals surface area contributed by atoms with E-state index in [1.54, 1.807) is 13.8 Å². The molecule has 4 heteroatoms. The Morgan fingerprint density at radius 3 is 2.09 bits per heavy atom. The van der Waals surface area contributed by atoms with E-state index < -0.39 is 17.3 Å². The summed E-state index contributed by atoms with van der Waals surface area (Å²) in [6, 6.07) is 5.88. The van der Waals surface area contributed by atoms with Gasteiger partial charge in [0.25, 0.3) is 0 Å². The molecule has 1 aromatic rings. The summed E-state index contributed by atoms with van der Waals surface area (Å²) in [4.78, 5) is 23.9. The first-order valence-corrected chi connectivity index (χ1v) is 7.89. The Morgan fingerprint density at radius 2 is 1.68 bits per heavy atom. The second-order valence-corrected chi connectivity index (χ2v) is 6.70. The van der Waals surface area contributed by atoms with Crippen LogP contribution in [0.3, 0.4) is 0 Å². The number of carboxylic acid groups (broad SMARTS) is 1. The van der Waals surface area contributed by atoms with E-state index in [1.165, 1.54) is 0 Å². The third kappa shape index (κ3) is 3.01. The number of aryl methyl sites for hydroxylation is 2. The normalized spacial score (nSPS) is 18.9. The molecule has 1 aliphatic rings. The SMILES string of the molecule is Cc1cc(C)cc(C2(C(=O)NC(C)C(C)C(=O)O)CCC2)c1. The minimum Gasteiger partial charge on any atom is -0.481 e. The second kappa shape index (κ2) is 6.11. The predicted molar refractivity (Wildman–Crippen MR) is 85.8 cm³/mol. The highest BCUT2D eigenvalue weighted by atomic mass is 16.4. The van der Waals surface area contributed by atoms with Crippen LogP contribution in [-0.4, -0.2) is 23.0 Å². The highest BCUT2D eigenvalue weighted by Gasteiger charge is 2.46. The number of carbonyl (C=O) groups is 2. The molecule has 22 heavy (non-hydrogen) atoms. The maximum Gasteiger partial charge on any atom is 0.308 e. The van der Waals surface area contributed by atoms with E-state index in [0.717, 1.165) is 36.0 Å². The third-order valence-corrected chi connectivity index (χ3v) is 4.91. The Bertz CT molecular complexity index is 570. The highest BCUT2D eigenvalue weighted by Crippen LogP contribution is 2.44. The first-order chi connectivity index (χ1) is 10.3. The molecule has 0 aromatic heterocycles. The van der Waals surface area contributed by atoms with Crippen LogP contribution in [0.15, 0.2) is 18.2 Å². The van der Waals surface area contributed by atoms with Crippen molar-refractivity contribution in [3.8, 4) is 0 Å². The Kier molecular flexibility index (Phi) is 4.59. The molecule has 1 amide bonds. The number of carbonyl (C=O) groups excluding carboxylic acids is 1. The molecule has 1 saturated carbocycles. The van der Waals surface area contributed by atoms with Crippen molar-refractivity contribution in [3.63, 3.8) is 0 Å². The van der Waals surface area contributed by atoms with Crippen LogP contribution in [0.25, 0.3) is 0 Å². The molecule has 0 heterocycles. The Balaban J connectivity index is 2.23. The summed E-state index contributed by atoms with van der Waals surface area (Å²) in [5.41, 5.74) is 2.88. The van der Waals surface area contributed by atoms with E-state index >= 15 is 0 Å². The van der Waals surface area contributed by atoms with Gasteiger partial charge in [-0.2, -0.15) is 0 Å². The Labute approximate surface area is 131 Å². The number of benzene rings is 1. The van der Waals surface area contributed by atoms with Crippen molar-refractivity contribution >= 4 is 11.9 Å². The molecule has 0 saturated heterocycles. The zero-order valence-corrected chi connectivity index (χ0v) is 13.8. The maximum atomic E-state index is 12.8. The van der Waals surface area contributed by atoms with Crippen LogP contribution in [0.2, 0.25) is 0 Å². The first kappa shape index (κ1) is 16.5. The fourth-order valence-electron chi connectivity index (χ4n) is 3.11. The predicted octanol–water partition coefficient (Wildman–Crippen LogP) is 2.95. The van der Waals surface area contributed by atoms with Gasteiger partial charge in [-0.05, 0) is 46.1 Å². The third-order valence-electron chi connectivity index (χ3n) is 4.91. The lowest BCUT2D eigenvalue weighted by Crippen LogP contribution is -2.53. The molecule has 0 radical (unpaired) electrons. The number of amides is 1. The summed E-state index contributed by atoms with van der Waals surface area (Å²) < 4.78 is 0. The molecule has 1 aliphatic carbocycles. The van der Waals surface area contributed by atoms with Gasteiger partial charge in [-0.25, -0.2) is 0 Å². The number of aliphatic carboxylic acids is 1. The first-order valence-electron chi connectivity index (χ1n) is 7.89. The minimum absolute atomic E-state index is 0.0376. The van der Waals surface area contributed by atoms with Crippen LogP contribution in [-0.2, 0) is 15.0 Å². The molecule has 0 aliphatic heterocycles. The molecular formula is C18H25NO3. The van der Waals surface area contributed by atoms with Crippen LogP contribution in [0, 0.1) is 19.8 Å². The zero-order valence-electron chi connectivity index (χ0n) is 13.8. The van der Waals surface area contributed by atoms with E-state index in [-0.39, 0.29) is 11.9 Å². The van der Waals surface area contributed by atoms with Gasteiger partial charge in [-0.1, -0.05) is 35.7 Å². The Morgan fingerprint density at radius 1 is 1.14 bits per heavy atom. The fraction of sp³-hybridized carbons (Fsp3) is 0.556. The van der Waals surface area contributed by atoms with Crippen LogP contribution in [0.5, 0.6) is 0 Å². The molecule has 2 rings (SSSR count). The second-order valence-electron chi connectivity index (χ2n) is 6.70. The number of carboxylic acids is 1. The number of hydrogen-bond acceptors (Lipinski definition) is 2. The van der Waals surface area contributed by atoms with Gasteiger partial charge in [-0.3, -0.25) is 9.59 Å². The lowest BCUT2D eigenvalue weighted by molar-refractivity contribution is -0.142. The number of rotatable bonds is 5. The standard InChI is InChI=1S/C18H25NO3/c1-11-8-12(2)10-15(9-11)18(6-5-7-18)17(22)19-14(4)13(3)16(20)21/h8-10,13-14H,5-7H2,1-4H3,(H,19,22)(H,20,21). The topological polar surface area (TPSA) is 66.4 Å². The quantitative estimate of drug-likeness (QED) is 0.879. The van der Waals surface area contributed by atoms with E-state index in [0.29, 0.717) is 0 Å². The molecule has 2 N–H and O–H groups in total. The van der Waals surface area contributed by atoms with Crippen molar-refractivity contribution in [1.82, 2.24) is 5.32 Å². The number of nitrogens with one attached hydrogen (secondary N) is 1. The summed E-state index contributed by atoms with van der Waals surface area (Å²) in [6.07, 6.45) is 2.69. The lowest BCUT2D eigenvalue weighted by atomic mass is 9.63. The molecule has 2 unspecified atom stereocenters. The van der Waals surface area contributed by atoms with Crippen molar-refractivity contribution in [3.05, 3.63) is 34.9 Å². The van der Waals surface area contributed by atoms with Crippen LogP contribution in [0.4, 0.5) is 0 Å². The summed E-state index contributed by atoms with van der Waals surface area (Å²) in [7, 11) is 0. The smallest absolute Gasteiger partial charge is 0.308 e. The van der Waals surface area contributed by atoms with Crippen molar-refractivity contribution in [2.24, 2.45) is 5.92 Å². The molecule has 1 aromatic carbocycles. The van der Waals surface area contributed by atoms with Crippen molar-refractivity contribution < 1.29 is 14.7 Å². The average molecular weight is 303 g/mol. The van der Waals surface area contributed by atoms with Gasteiger partial charge < -0.3 is 10.4 Å². The molecule has 4 nitrogen and oxygen atoms in total. The molecular weight excluding hydrogens is 278 g/mol. The van der Waals surface area contributed by atoms with Gasteiger partial charge in [0.1, 0.15) is 0 Å². The van der Waals surface area contributed by atoms with E-state index in [2.05, 4.69) is 23.5 Å². The van der Waals surface area contributed by atoms with Crippen molar-refractivity contribution in [2.75, 3.05) is 0 Å². The Hall–Kier alpha value is -1.84. The zero-order chi connectivity index (χ0) is 16.5. The molecule has 0 bridgehead atoms. The van der Waals surface area contributed by atoms with Crippen molar-refractivity contribution in [2.45, 2.75) is 58.4 Å². The summed E-state index contributed by atoms with van der Waals surface area (Å²) in [5, 5.41) is 12.0. The molecule has 1 fully saturated rings. The van der Waals surface area contributed by atoms with E-state index in [1.807, 2.05) is 13.8 Å². The van der Waals surface area contributed by atoms with Crippen molar-refractivity contribution in [1.29, 1.82) is 0 Å². The van der Waals surface area contributed by atoms with Gasteiger partial charge in [0.05, 0.1) is 11.3 Å². The van der Waals surface area contributed by atoms with Crippen LogP contribution in [0.1, 0.15) is 49.8 Å². The van der Waals surface area contributed by atoms with Gasteiger partial charge in [0, 0.05) is 6.04 Å². The molecule has 0 spiro atoms. The number of hydrogen-bond donors (Lipinski definition) is 2. The van der Waals surface area contributed by atoms with E-state index in [4.69, 9.17) is 5.11 Å². The molecule has 2 atom stereocenters. The van der Waals surface area contributed by atoms with Gasteiger partial charge in [-0.15, -0.1) is 0 Å². The monoisotopic (exact) mass is 303 g/mol. The fourth-order valence-corrected chi connectivity index (χ4v) is 3.11. The van der Waals surface area contributed by atoms with Crippen LogP contribution >= 0.6 is 0 Å². The van der Waals surface area contributed by atoms with E-state index in [9.17, 15) is 9.59 Å². The van der Waals surface area contributed by atoms with Crippen LogP contribution < -0.4 is 5.32 Å². The van der Waals surface area contributed by atoms with Gasteiger partial charge >= 0.3 is 5.97 Å². The summed E-state index contributed by atoms with van der Waals surface area (Å²) in [5.74, 6) is -1.52. The summed E-state index contributed by atoms with van der Waals surface area (Å²) in [6.45, 7) is 7.45. The summed E-state index contributed by atoms with van der Waals surface area (Å²) >= 11 is 0. The van der Waals surface area contributed by atoms with Gasteiger partial charge in [0.15, 0.2) is 0 Å². The molecule has 120 valence electrons. The largest absolute Gasteiger partial charge is 0.481 e. The highest BCUT2D eigenvalue weighted by molar-refractivity contribution is 5.90. The lowest BCUT2D eigenvalue weighted by Gasteiger charge is -2.42. The average Bonchev–Trinajstić information content (AvgIpc) is 2.34. The van der Waals surface area contributed by atoms with Gasteiger partial charge in [0.2, 0.25) is 5.91 Å². The minimum atomic E-state index is -0.887.